The molecule has 0 saturated carbocycles. The number of rotatable bonds is 2. The zero-order chi connectivity index (χ0) is 18.1. The topological polar surface area (TPSA) is 54.9 Å². The number of anilines is 1. The highest BCUT2D eigenvalue weighted by Gasteiger charge is 2.32. The van der Waals surface area contributed by atoms with Gasteiger partial charge < -0.3 is 19.3 Å². The van der Waals surface area contributed by atoms with Crippen LogP contribution in [0.3, 0.4) is 0 Å². The van der Waals surface area contributed by atoms with E-state index in [1.165, 1.54) is 5.69 Å². The minimum Gasteiger partial charge on any atom is -0.485 e. The van der Waals surface area contributed by atoms with Crippen molar-refractivity contribution in [2.24, 2.45) is 0 Å². The van der Waals surface area contributed by atoms with Crippen LogP contribution in [0.4, 0.5) is 5.69 Å². The summed E-state index contributed by atoms with van der Waals surface area (Å²) in [5.74, 6) is 1.34. The molecule has 0 radical (unpaired) electrons. The summed E-state index contributed by atoms with van der Waals surface area (Å²) in [5, 5.41) is 0. The average molecular weight is 353 g/mol. The Morgan fingerprint density at radius 2 is 1.69 bits per heavy atom. The van der Waals surface area contributed by atoms with E-state index in [-0.39, 0.29) is 12.5 Å². The molecular formula is C20H23N3O3. The molecule has 2 aromatic rings. The first-order chi connectivity index (χ1) is 12.6. The van der Waals surface area contributed by atoms with Gasteiger partial charge in [0.2, 0.25) is 6.10 Å². The lowest BCUT2D eigenvalue weighted by Crippen LogP contribution is -2.54. The van der Waals surface area contributed by atoms with Crippen LogP contribution in [0.25, 0.3) is 0 Å². The van der Waals surface area contributed by atoms with Gasteiger partial charge in [-0.05, 0) is 38.1 Å². The summed E-state index contributed by atoms with van der Waals surface area (Å²) in [6, 6.07) is 11.7. The van der Waals surface area contributed by atoms with Crippen molar-refractivity contribution in [3.8, 4) is 11.5 Å². The van der Waals surface area contributed by atoms with Crippen LogP contribution in [0, 0.1) is 13.8 Å². The highest BCUT2D eigenvalue weighted by atomic mass is 16.6. The number of fused-ring (bicyclic) bond motifs is 1. The van der Waals surface area contributed by atoms with E-state index in [4.69, 9.17) is 9.47 Å². The predicted octanol–water partition coefficient (Wildman–Crippen LogP) is 2.19. The number of aryl methyl sites for hydroxylation is 2. The van der Waals surface area contributed by atoms with Crippen molar-refractivity contribution >= 4 is 11.6 Å². The molecule has 0 N–H and O–H groups in total. The Hall–Kier alpha value is -2.76. The van der Waals surface area contributed by atoms with Gasteiger partial charge in [0.15, 0.2) is 11.5 Å². The van der Waals surface area contributed by atoms with E-state index in [2.05, 4.69) is 22.0 Å². The van der Waals surface area contributed by atoms with Crippen molar-refractivity contribution in [1.29, 1.82) is 0 Å². The molecule has 2 aliphatic rings. The maximum absolute atomic E-state index is 12.8. The van der Waals surface area contributed by atoms with Crippen molar-refractivity contribution < 1.29 is 14.3 Å². The van der Waals surface area contributed by atoms with Gasteiger partial charge in [-0.1, -0.05) is 12.1 Å². The molecule has 1 aromatic carbocycles. The van der Waals surface area contributed by atoms with E-state index in [1.54, 1.807) is 0 Å². The molecule has 4 rings (SSSR count). The lowest BCUT2D eigenvalue weighted by molar-refractivity contribution is -0.141. The Morgan fingerprint density at radius 3 is 2.38 bits per heavy atom. The normalized spacial score (nSPS) is 19.4. The van der Waals surface area contributed by atoms with Gasteiger partial charge in [0.1, 0.15) is 6.61 Å². The Balaban J connectivity index is 1.38. The summed E-state index contributed by atoms with van der Waals surface area (Å²) in [6.07, 6.45) is -0.568. The molecule has 1 fully saturated rings. The van der Waals surface area contributed by atoms with E-state index in [0.29, 0.717) is 24.6 Å². The van der Waals surface area contributed by atoms with Crippen LogP contribution in [0.15, 0.2) is 36.4 Å². The zero-order valence-corrected chi connectivity index (χ0v) is 15.1. The monoisotopic (exact) mass is 353 g/mol. The van der Waals surface area contributed by atoms with Gasteiger partial charge in [-0.3, -0.25) is 9.78 Å². The van der Waals surface area contributed by atoms with Crippen molar-refractivity contribution in [2.45, 2.75) is 20.0 Å². The van der Waals surface area contributed by atoms with Gasteiger partial charge in [0, 0.05) is 43.3 Å². The van der Waals surface area contributed by atoms with Crippen LogP contribution in [-0.4, -0.2) is 54.7 Å². The summed E-state index contributed by atoms with van der Waals surface area (Å²) in [5.41, 5.74) is 3.21. The number of nitrogens with zero attached hydrogens (tertiary/aromatic N) is 3. The minimum absolute atomic E-state index is 0.00115. The molecule has 0 bridgehead atoms. The summed E-state index contributed by atoms with van der Waals surface area (Å²) in [6.45, 7) is 7.25. The number of hydrogen-bond donors (Lipinski definition) is 0. The van der Waals surface area contributed by atoms with Crippen LogP contribution < -0.4 is 14.4 Å². The smallest absolute Gasteiger partial charge is 0.267 e. The second-order valence-electron chi connectivity index (χ2n) is 6.78. The van der Waals surface area contributed by atoms with Gasteiger partial charge in [-0.25, -0.2) is 0 Å². The van der Waals surface area contributed by atoms with E-state index < -0.39 is 6.10 Å². The molecule has 1 saturated heterocycles. The van der Waals surface area contributed by atoms with E-state index in [0.717, 1.165) is 24.5 Å². The molecule has 1 amide bonds. The highest BCUT2D eigenvalue weighted by molar-refractivity contribution is 5.82. The number of aromatic nitrogens is 1. The zero-order valence-electron chi connectivity index (χ0n) is 15.1. The molecule has 0 aliphatic carbocycles. The third-order valence-corrected chi connectivity index (χ3v) is 4.81. The quantitative estimate of drug-likeness (QED) is 0.828. The van der Waals surface area contributed by atoms with Crippen molar-refractivity contribution in [3.63, 3.8) is 0 Å². The van der Waals surface area contributed by atoms with Crippen LogP contribution in [0.1, 0.15) is 11.4 Å². The number of amides is 1. The lowest BCUT2D eigenvalue weighted by atomic mass is 10.2. The second kappa shape index (κ2) is 6.86. The van der Waals surface area contributed by atoms with Gasteiger partial charge >= 0.3 is 0 Å². The molecular weight excluding hydrogens is 330 g/mol. The fourth-order valence-electron chi connectivity index (χ4n) is 3.52. The molecule has 1 atom stereocenters. The van der Waals surface area contributed by atoms with Crippen LogP contribution in [0.2, 0.25) is 0 Å². The first-order valence-electron chi connectivity index (χ1n) is 8.98. The third-order valence-electron chi connectivity index (χ3n) is 4.81. The maximum Gasteiger partial charge on any atom is 0.267 e. The third kappa shape index (κ3) is 3.31. The summed E-state index contributed by atoms with van der Waals surface area (Å²) in [7, 11) is 0. The number of carbonyl (C=O) groups is 1. The SMILES string of the molecule is Cc1cc(N2CCN(C(=O)[C@H]3COc4ccccc4O3)CC2)cc(C)n1. The molecule has 6 heteroatoms. The van der Waals surface area contributed by atoms with E-state index >= 15 is 0 Å². The minimum atomic E-state index is -0.568. The van der Waals surface area contributed by atoms with E-state index in [9.17, 15) is 4.79 Å². The number of pyridine rings is 1. The first kappa shape index (κ1) is 16.7. The van der Waals surface area contributed by atoms with Crippen molar-refractivity contribution in [1.82, 2.24) is 9.88 Å². The lowest BCUT2D eigenvalue weighted by Gasteiger charge is -2.38. The fourth-order valence-corrected chi connectivity index (χ4v) is 3.52. The molecule has 2 aliphatic heterocycles. The molecule has 136 valence electrons. The number of benzene rings is 1. The Labute approximate surface area is 153 Å². The standard InChI is InChI=1S/C20H23N3O3/c1-14-11-16(12-15(2)21-14)22-7-9-23(10-8-22)20(24)19-13-25-17-5-3-4-6-18(17)26-19/h3-6,11-12,19H,7-10,13H2,1-2H3/t19-/m1/s1. The van der Waals surface area contributed by atoms with Crippen LogP contribution in [-0.2, 0) is 4.79 Å². The number of para-hydroxylation sites is 2. The predicted molar refractivity (Wildman–Crippen MR) is 98.9 cm³/mol. The molecule has 6 nitrogen and oxygen atoms in total. The Bertz CT molecular complexity index is 795. The Morgan fingerprint density at radius 1 is 1.04 bits per heavy atom. The fraction of sp³-hybridized carbons (Fsp3) is 0.400. The van der Waals surface area contributed by atoms with Gasteiger partial charge in [0.25, 0.3) is 5.91 Å². The van der Waals surface area contributed by atoms with Crippen molar-refractivity contribution in [3.05, 3.63) is 47.8 Å². The highest BCUT2D eigenvalue weighted by Crippen LogP contribution is 2.31. The summed E-state index contributed by atoms with van der Waals surface area (Å²) in [4.78, 5) is 21.4. The maximum atomic E-state index is 12.8. The number of ether oxygens (including phenoxy) is 2. The summed E-state index contributed by atoms with van der Waals surface area (Å²) < 4.78 is 11.5. The number of hydrogen-bond acceptors (Lipinski definition) is 5. The molecule has 0 unspecified atom stereocenters. The number of piperazine rings is 1. The van der Waals surface area contributed by atoms with Gasteiger partial charge in [-0.2, -0.15) is 0 Å². The number of carbonyl (C=O) groups excluding carboxylic acids is 1. The average Bonchev–Trinajstić information content (AvgIpc) is 2.66. The van der Waals surface area contributed by atoms with Gasteiger partial charge in [-0.15, -0.1) is 0 Å². The summed E-state index contributed by atoms with van der Waals surface area (Å²) >= 11 is 0. The Kier molecular flexibility index (Phi) is 4.41. The molecule has 3 heterocycles. The molecule has 26 heavy (non-hydrogen) atoms. The van der Waals surface area contributed by atoms with E-state index in [1.807, 2.05) is 43.0 Å². The van der Waals surface area contributed by atoms with Crippen LogP contribution in [0.5, 0.6) is 11.5 Å². The molecule has 0 spiro atoms. The van der Waals surface area contributed by atoms with Crippen LogP contribution >= 0.6 is 0 Å². The largest absolute Gasteiger partial charge is 0.485 e. The van der Waals surface area contributed by atoms with Gasteiger partial charge in [0.05, 0.1) is 0 Å². The second-order valence-corrected chi connectivity index (χ2v) is 6.78. The molecule has 1 aromatic heterocycles. The van der Waals surface area contributed by atoms with Crippen molar-refractivity contribution in [2.75, 3.05) is 37.7 Å². The first-order valence-corrected chi connectivity index (χ1v) is 8.98.